The molecule has 8 atom stereocenters. The van der Waals surface area contributed by atoms with Crippen LogP contribution in [0.1, 0.15) is 65.7 Å². The van der Waals surface area contributed by atoms with E-state index in [-0.39, 0.29) is 24.0 Å². The van der Waals surface area contributed by atoms with E-state index in [1.807, 2.05) is 0 Å². The van der Waals surface area contributed by atoms with Gasteiger partial charge in [0, 0.05) is 11.8 Å². The number of carboxylic acid groups (broad SMARTS) is 1. The molecule has 4 bridgehead atoms. The van der Waals surface area contributed by atoms with E-state index in [4.69, 9.17) is 9.57 Å². The molecule has 3 saturated carbocycles. The molecule has 0 spiro atoms. The van der Waals surface area contributed by atoms with E-state index in [9.17, 15) is 14.7 Å². The number of ether oxygens (including phenoxy) is 1. The van der Waals surface area contributed by atoms with Crippen molar-refractivity contribution in [3.05, 3.63) is 11.6 Å². The number of fused-ring (bicyclic) bond motifs is 2. The molecule has 5 aliphatic rings. The average molecular weight is 430 g/mol. The molecule has 0 aromatic carbocycles. The van der Waals surface area contributed by atoms with E-state index in [2.05, 4.69) is 32.0 Å². The quantitative estimate of drug-likeness (QED) is 0.292. The number of aliphatic carboxylic acids is 1. The van der Waals surface area contributed by atoms with Gasteiger partial charge in [0.05, 0.1) is 18.2 Å². The van der Waals surface area contributed by atoms with Crippen molar-refractivity contribution < 1.29 is 24.3 Å². The highest BCUT2D eigenvalue weighted by atomic mass is 16.8. The summed E-state index contributed by atoms with van der Waals surface area (Å²) in [5.74, 6) is 0.173. The molecule has 8 unspecified atom stereocenters. The number of carbonyl (C=O) groups excluding carboxylic acids is 1. The molecule has 0 aromatic heterocycles. The van der Waals surface area contributed by atoms with Gasteiger partial charge in [0.1, 0.15) is 11.7 Å². The number of nitrogens with zero attached hydrogens (tertiary/aromatic N) is 1. The van der Waals surface area contributed by atoms with Gasteiger partial charge in [-0.3, -0.25) is 4.79 Å². The average Bonchev–Trinajstić information content (AvgIpc) is 3.32. The van der Waals surface area contributed by atoms with Crippen LogP contribution < -0.4 is 0 Å². The first-order valence-corrected chi connectivity index (χ1v) is 12.1. The molecular weight excluding hydrogens is 394 g/mol. The summed E-state index contributed by atoms with van der Waals surface area (Å²) in [7, 11) is 0. The minimum absolute atomic E-state index is 0.00336. The Hall–Kier alpha value is -1.69. The van der Waals surface area contributed by atoms with Crippen molar-refractivity contribution in [3.8, 4) is 0 Å². The van der Waals surface area contributed by atoms with Crippen LogP contribution >= 0.6 is 0 Å². The van der Waals surface area contributed by atoms with E-state index in [1.54, 1.807) is 6.21 Å². The van der Waals surface area contributed by atoms with Gasteiger partial charge < -0.3 is 19.5 Å². The van der Waals surface area contributed by atoms with Gasteiger partial charge >= 0.3 is 5.97 Å². The number of hydrogen-bond donors (Lipinski definition) is 1. The fraction of sp³-hybridized carbons (Fsp3) is 0.800. The second-order valence-electron chi connectivity index (χ2n) is 11.0. The van der Waals surface area contributed by atoms with Crippen molar-refractivity contribution >= 4 is 18.5 Å². The predicted molar refractivity (Wildman–Crippen MR) is 115 cm³/mol. The first kappa shape index (κ1) is 21.2. The Morgan fingerprint density at radius 3 is 2.71 bits per heavy atom. The fourth-order valence-electron chi connectivity index (χ4n) is 8.47. The normalized spacial score (nSPS) is 48.1. The van der Waals surface area contributed by atoms with Crippen molar-refractivity contribution in [3.63, 3.8) is 0 Å². The summed E-state index contributed by atoms with van der Waals surface area (Å²) in [6.07, 6.45) is 10.9. The maximum Gasteiger partial charge on any atom is 0.315 e. The molecule has 5 rings (SSSR count). The Bertz CT molecular complexity index is 830. The second kappa shape index (κ2) is 7.16. The molecule has 0 amide bonds. The molecule has 1 saturated heterocycles. The van der Waals surface area contributed by atoms with Crippen LogP contribution in [0, 0.1) is 45.8 Å². The van der Waals surface area contributed by atoms with Crippen LogP contribution in [0.3, 0.4) is 0 Å². The lowest BCUT2D eigenvalue weighted by molar-refractivity contribution is -0.174. The fourth-order valence-corrected chi connectivity index (χ4v) is 8.47. The summed E-state index contributed by atoms with van der Waals surface area (Å²) < 4.78 is 5.65. The SMILES string of the molecule is CC(C)C1=CC2CC3(C=O)C4CCC(C)C4CC2(/C=N/OC2CCCCO2)C13C(=O)O. The summed E-state index contributed by atoms with van der Waals surface area (Å²) in [4.78, 5) is 31.9. The van der Waals surface area contributed by atoms with Gasteiger partial charge in [-0.25, -0.2) is 0 Å². The molecule has 31 heavy (non-hydrogen) atoms. The molecule has 1 heterocycles. The zero-order valence-electron chi connectivity index (χ0n) is 18.9. The number of carbonyl (C=O) groups is 2. The number of carboxylic acids is 1. The minimum Gasteiger partial charge on any atom is -0.481 e. The monoisotopic (exact) mass is 429 g/mol. The van der Waals surface area contributed by atoms with Gasteiger partial charge in [-0.15, -0.1) is 0 Å². The molecule has 170 valence electrons. The molecule has 4 aliphatic carbocycles. The molecule has 6 heteroatoms. The maximum absolute atomic E-state index is 13.3. The van der Waals surface area contributed by atoms with Crippen LogP contribution in [0.4, 0.5) is 0 Å². The third-order valence-electron chi connectivity index (χ3n) is 9.60. The first-order valence-electron chi connectivity index (χ1n) is 12.1. The van der Waals surface area contributed by atoms with Crippen LogP contribution in [-0.4, -0.2) is 36.5 Å². The highest BCUT2D eigenvalue weighted by Crippen LogP contribution is 2.82. The number of rotatable bonds is 6. The van der Waals surface area contributed by atoms with Crippen LogP contribution in [0.2, 0.25) is 0 Å². The number of oxime groups is 1. The highest BCUT2D eigenvalue weighted by Gasteiger charge is 2.84. The second-order valence-corrected chi connectivity index (χ2v) is 11.0. The lowest BCUT2D eigenvalue weighted by Crippen LogP contribution is -2.63. The maximum atomic E-state index is 13.3. The van der Waals surface area contributed by atoms with Crippen molar-refractivity contribution in [1.82, 2.24) is 0 Å². The summed E-state index contributed by atoms with van der Waals surface area (Å²) in [6, 6.07) is 0. The molecular formula is C25H35NO5. The number of allylic oxidation sites excluding steroid dienone is 1. The molecule has 4 fully saturated rings. The minimum atomic E-state index is -1.23. The van der Waals surface area contributed by atoms with Crippen LogP contribution in [-0.2, 0) is 19.2 Å². The van der Waals surface area contributed by atoms with Gasteiger partial charge in [0.2, 0.25) is 6.29 Å². The van der Waals surface area contributed by atoms with E-state index in [0.717, 1.165) is 50.4 Å². The Morgan fingerprint density at radius 1 is 1.26 bits per heavy atom. The number of hydrogen-bond acceptors (Lipinski definition) is 5. The lowest BCUT2D eigenvalue weighted by Gasteiger charge is -2.57. The van der Waals surface area contributed by atoms with E-state index in [0.29, 0.717) is 24.9 Å². The van der Waals surface area contributed by atoms with Gasteiger partial charge in [0.25, 0.3) is 0 Å². The van der Waals surface area contributed by atoms with Crippen molar-refractivity contribution in [2.75, 3.05) is 6.61 Å². The summed E-state index contributed by atoms with van der Waals surface area (Å²) >= 11 is 0. The number of aldehydes is 1. The Morgan fingerprint density at radius 2 is 2.06 bits per heavy atom. The summed E-state index contributed by atoms with van der Waals surface area (Å²) in [5.41, 5.74) is -1.89. The standard InChI is InChI=1S/C25H35NO5/c1-15(2)20-10-17-11-24(14-27)19-8-7-16(3)18(19)12-23(17,25(20,24)22(28)29)13-26-31-21-6-4-5-9-30-21/h10,13-19,21H,4-9,11-12H2,1-3H3,(H,28,29)/b26-13+. The molecule has 1 N–H and O–H groups in total. The van der Waals surface area contributed by atoms with E-state index >= 15 is 0 Å². The van der Waals surface area contributed by atoms with Crippen molar-refractivity contribution in [2.45, 2.75) is 72.0 Å². The Balaban J connectivity index is 1.63. The zero-order valence-corrected chi connectivity index (χ0v) is 18.9. The smallest absolute Gasteiger partial charge is 0.315 e. The molecule has 0 aromatic rings. The van der Waals surface area contributed by atoms with Gasteiger partial charge in [-0.1, -0.05) is 44.0 Å². The molecule has 6 nitrogen and oxygen atoms in total. The van der Waals surface area contributed by atoms with Crippen LogP contribution in [0.25, 0.3) is 0 Å². The third kappa shape index (κ3) is 2.46. The summed E-state index contributed by atoms with van der Waals surface area (Å²) in [6.45, 7) is 7.04. The van der Waals surface area contributed by atoms with E-state index in [1.165, 1.54) is 0 Å². The first-order chi connectivity index (χ1) is 14.8. The van der Waals surface area contributed by atoms with Gasteiger partial charge in [-0.05, 0) is 61.7 Å². The van der Waals surface area contributed by atoms with Gasteiger partial charge in [0.15, 0.2) is 0 Å². The van der Waals surface area contributed by atoms with Crippen molar-refractivity contribution in [2.24, 2.45) is 51.0 Å². The van der Waals surface area contributed by atoms with Gasteiger partial charge in [-0.2, -0.15) is 0 Å². The third-order valence-corrected chi connectivity index (χ3v) is 9.60. The van der Waals surface area contributed by atoms with Crippen LogP contribution in [0.15, 0.2) is 16.8 Å². The van der Waals surface area contributed by atoms with E-state index < -0.39 is 22.2 Å². The highest BCUT2D eigenvalue weighted by molar-refractivity contribution is 5.96. The lowest BCUT2D eigenvalue weighted by atomic mass is 9.43. The predicted octanol–water partition coefficient (Wildman–Crippen LogP) is 4.44. The van der Waals surface area contributed by atoms with Crippen molar-refractivity contribution in [1.29, 1.82) is 0 Å². The summed E-state index contributed by atoms with van der Waals surface area (Å²) in [5, 5.41) is 15.3. The molecule has 0 radical (unpaired) electrons. The molecule has 1 aliphatic heterocycles. The Labute approximate surface area is 184 Å². The topological polar surface area (TPSA) is 85.2 Å². The Kier molecular flexibility index (Phi) is 4.89. The zero-order chi connectivity index (χ0) is 22.0. The largest absolute Gasteiger partial charge is 0.481 e. The van der Waals surface area contributed by atoms with Crippen LogP contribution in [0.5, 0.6) is 0 Å².